The van der Waals surface area contributed by atoms with Gasteiger partial charge in [0.25, 0.3) is 0 Å². The van der Waals surface area contributed by atoms with Gasteiger partial charge < -0.3 is 10.1 Å². The minimum atomic E-state index is -0.353. The summed E-state index contributed by atoms with van der Waals surface area (Å²) >= 11 is 9.67. The molecule has 0 radical (unpaired) electrons. The molecule has 0 atom stereocenters. The van der Waals surface area contributed by atoms with Crippen LogP contribution in [0.3, 0.4) is 0 Å². The van der Waals surface area contributed by atoms with Crippen molar-refractivity contribution < 1.29 is 9.13 Å². The van der Waals surface area contributed by atoms with Crippen LogP contribution in [0.4, 0.5) is 10.1 Å². The largest absolute Gasteiger partial charge is 0.489 e. The summed E-state index contributed by atoms with van der Waals surface area (Å²) in [4.78, 5) is 0. The second-order valence-electron chi connectivity index (χ2n) is 2.82. The molecule has 1 aromatic rings. The van der Waals surface area contributed by atoms with Gasteiger partial charge in [-0.2, -0.15) is 0 Å². The van der Waals surface area contributed by atoms with Gasteiger partial charge in [-0.15, -0.1) is 0 Å². The van der Waals surface area contributed by atoms with E-state index in [1.165, 1.54) is 6.07 Å². The summed E-state index contributed by atoms with van der Waals surface area (Å²) in [7, 11) is 1.66. The van der Waals surface area contributed by atoms with Gasteiger partial charge in [-0.3, -0.25) is 0 Å². The van der Waals surface area contributed by atoms with Crippen molar-refractivity contribution in [2.24, 2.45) is 0 Å². The highest BCUT2D eigenvalue weighted by atomic mass is 79.9. The van der Waals surface area contributed by atoms with Gasteiger partial charge in [0.1, 0.15) is 12.4 Å². The topological polar surface area (TPSA) is 21.3 Å². The Labute approximate surface area is 119 Å². The van der Waals surface area contributed by atoms with E-state index in [0.29, 0.717) is 22.5 Å². The van der Waals surface area contributed by atoms with Gasteiger partial charge in [-0.1, -0.05) is 0 Å². The molecule has 0 fully saturated rings. The van der Waals surface area contributed by atoms with Crippen LogP contribution in [0.15, 0.2) is 26.1 Å². The zero-order valence-corrected chi connectivity index (χ0v) is 13.1. The van der Waals surface area contributed by atoms with Crippen molar-refractivity contribution in [3.8, 4) is 5.75 Å². The number of halogens is 4. The van der Waals surface area contributed by atoms with Gasteiger partial charge in [0.2, 0.25) is 0 Å². The first-order valence-electron chi connectivity index (χ1n) is 4.35. The highest BCUT2D eigenvalue weighted by molar-refractivity contribution is 9.28. The highest BCUT2D eigenvalue weighted by Gasteiger charge is 2.08. The minimum Gasteiger partial charge on any atom is -0.489 e. The molecule has 0 aliphatic rings. The molecule has 0 spiro atoms. The van der Waals surface area contributed by atoms with Gasteiger partial charge in [0.15, 0.2) is 5.82 Å². The van der Waals surface area contributed by atoms with Crippen molar-refractivity contribution in [1.82, 2.24) is 0 Å². The van der Waals surface area contributed by atoms with Crippen LogP contribution in [-0.4, -0.2) is 13.7 Å². The molecule has 0 saturated carbocycles. The van der Waals surface area contributed by atoms with E-state index in [0.717, 1.165) is 3.39 Å². The molecule has 1 rings (SSSR count). The van der Waals surface area contributed by atoms with Crippen LogP contribution in [-0.2, 0) is 0 Å². The van der Waals surface area contributed by atoms with Crippen LogP contribution in [0, 0.1) is 5.82 Å². The molecule has 1 N–H and O–H groups in total. The quantitative estimate of drug-likeness (QED) is 0.770. The van der Waals surface area contributed by atoms with Crippen molar-refractivity contribution in [2.45, 2.75) is 0 Å². The molecular formula is C10H9Br3FNO. The maximum atomic E-state index is 13.5. The van der Waals surface area contributed by atoms with Crippen LogP contribution < -0.4 is 10.1 Å². The van der Waals surface area contributed by atoms with Crippen LogP contribution >= 0.6 is 47.8 Å². The molecule has 0 heterocycles. The predicted octanol–water partition coefficient (Wildman–Crippen LogP) is 4.64. The summed E-state index contributed by atoms with van der Waals surface area (Å²) in [5.41, 5.74) is 0.421. The van der Waals surface area contributed by atoms with E-state index in [1.54, 1.807) is 19.2 Å². The number of nitrogens with one attached hydrogen (secondary N) is 1. The van der Waals surface area contributed by atoms with E-state index in [2.05, 4.69) is 53.1 Å². The van der Waals surface area contributed by atoms with Crippen LogP contribution in [0.2, 0.25) is 0 Å². The Morgan fingerprint density at radius 3 is 2.69 bits per heavy atom. The monoisotopic (exact) mass is 415 g/mol. The number of benzene rings is 1. The maximum absolute atomic E-state index is 13.5. The van der Waals surface area contributed by atoms with Crippen molar-refractivity contribution in [1.29, 1.82) is 0 Å². The Hall–Kier alpha value is -0.0700. The van der Waals surface area contributed by atoms with E-state index < -0.39 is 0 Å². The molecule has 88 valence electrons. The molecule has 0 unspecified atom stereocenters. The van der Waals surface area contributed by atoms with E-state index >= 15 is 0 Å². The van der Waals surface area contributed by atoms with Gasteiger partial charge in [-0.05, 0) is 59.9 Å². The van der Waals surface area contributed by atoms with E-state index in [9.17, 15) is 4.39 Å². The molecule has 0 aromatic heterocycles. The summed E-state index contributed by atoms with van der Waals surface area (Å²) in [5.74, 6) is 0.120. The second kappa shape index (κ2) is 6.61. The van der Waals surface area contributed by atoms with Crippen molar-refractivity contribution >= 4 is 53.5 Å². The fourth-order valence-corrected chi connectivity index (χ4v) is 1.95. The lowest BCUT2D eigenvalue weighted by molar-refractivity contribution is 0.360. The van der Waals surface area contributed by atoms with E-state index in [-0.39, 0.29) is 5.82 Å². The number of hydrogen-bond donors (Lipinski definition) is 1. The van der Waals surface area contributed by atoms with Crippen molar-refractivity contribution in [3.05, 3.63) is 31.9 Å². The molecule has 0 bridgehead atoms. The number of ether oxygens (including phenoxy) is 1. The van der Waals surface area contributed by atoms with Gasteiger partial charge in [0.05, 0.1) is 9.08 Å². The summed E-state index contributed by atoms with van der Waals surface area (Å²) in [6.45, 7) is 0.358. The first-order valence-corrected chi connectivity index (χ1v) is 6.73. The van der Waals surface area contributed by atoms with Gasteiger partial charge >= 0.3 is 0 Å². The van der Waals surface area contributed by atoms with Crippen molar-refractivity contribution in [3.63, 3.8) is 0 Å². The Morgan fingerprint density at radius 2 is 2.19 bits per heavy atom. The van der Waals surface area contributed by atoms with Crippen LogP contribution in [0.25, 0.3) is 0 Å². The van der Waals surface area contributed by atoms with E-state index in [1.807, 2.05) is 0 Å². The van der Waals surface area contributed by atoms with Crippen molar-refractivity contribution in [2.75, 3.05) is 19.0 Å². The Morgan fingerprint density at radius 1 is 1.50 bits per heavy atom. The molecule has 2 nitrogen and oxygen atoms in total. The molecular weight excluding hydrogens is 409 g/mol. The van der Waals surface area contributed by atoms with Gasteiger partial charge in [0, 0.05) is 17.6 Å². The van der Waals surface area contributed by atoms with Crippen LogP contribution in [0.1, 0.15) is 0 Å². The smallest absolute Gasteiger partial charge is 0.151 e. The fourth-order valence-electron chi connectivity index (χ4n) is 1.07. The fraction of sp³-hybridized carbons (Fsp3) is 0.200. The van der Waals surface area contributed by atoms with E-state index in [4.69, 9.17) is 4.74 Å². The molecule has 0 aliphatic carbocycles. The molecule has 1 aromatic carbocycles. The average molecular weight is 418 g/mol. The zero-order valence-electron chi connectivity index (χ0n) is 8.36. The lowest BCUT2D eigenvalue weighted by Crippen LogP contribution is -1.98. The second-order valence-corrected chi connectivity index (χ2v) is 6.44. The lowest BCUT2D eigenvalue weighted by Gasteiger charge is -2.09. The van der Waals surface area contributed by atoms with Crippen LogP contribution in [0.5, 0.6) is 5.75 Å². The first-order chi connectivity index (χ1) is 7.54. The Balaban J connectivity index is 2.80. The molecule has 0 amide bonds. The molecule has 0 saturated heterocycles. The third kappa shape index (κ3) is 4.07. The highest BCUT2D eigenvalue weighted by Crippen LogP contribution is 2.30. The molecule has 16 heavy (non-hydrogen) atoms. The molecule has 6 heteroatoms. The number of anilines is 1. The summed E-state index contributed by atoms with van der Waals surface area (Å²) in [6.07, 6.45) is 1.78. The van der Waals surface area contributed by atoms with Gasteiger partial charge in [-0.25, -0.2) is 4.39 Å². The zero-order chi connectivity index (χ0) is 12.1. The normalized spacial score (nSPS) is 9.81. The lowest BCUT2D eigenvalue weighted by atomic mass is 10.3. The number of rotatable bonds is 4. The predicted molar refractivity (Wildman–Crippen MR) is 75.1 cm³/mol. The first kappa shape index (κ1) is 14.0. The average Bonchev–Trinajstić information content (AvgIpc) is 2.16. The Kier molecular flexibility index (Phi) is 5.78. The third-order valence-corrected chi connectivity index (χ3v) is 3.03. The SMILES string of the molecule is CNc1c(F)cc(OCC=C(Br)Br)cc1Br. The minimum absolute atomic E-state index is 0.353. The maximum Gasteiger partial charge on any atom is 0.151 e. The third-order valence-electron chi connectivity index (χ3n) is 1.75. The number of hydrogen-bond acceptors (Lipinski definition) is 2. The standard InChI is InChI=1S/C10H9Br3FNO/c1-15-10-7(11)4-6(5-8(10)14)16-3-2-9(12)13/h2,4-5,15H,3H2,1H3. The summed E-state index contributed by atoms with van der Waals surface area (Å²) < 4.78 is 20.3. The molecule has 0 aliphatic heterocycles. The summed E-state index contributed by atoms with van der Waals surface area (Å²) in [5, 5.41) is 2.76. The Bertz CT molecular complexity index is 382. The summed E-state index contributed by atoms with van der Waals surface area (Å²) in [6, 6.07) is 3.05.